The highest BCUT2D eigenvalue weighted by Crippen LogP contribution is 2.15. The monoisotopic (exact) mass is 221 g/mol. The van der Waals surface area contributed by atoms with E-state index in [0.717, 1.165) is 5.69 Å². The van der Waals surface area contributed by atoms with Gasteiger partial charge in [0.2, 0.25) is 0 Å². The van der Waals surface area contributed by atoms with E-state index in [-0.39, 0.29) is 12.2 Å². The molecule has 16 heavy (non-hydrogen) atoms. The van der Waals surface area contributed by atoms with Gasteiger partial charge in [0.1, 0.15) is 6.10 Å². The van der Waals surface area contributed by atoms with Crippen LogP contribution in [0.2, 0.25) is 0 Å². The summed E-state index contributed by atoms with van der Waals surface area (Å²) >= 11 is 0. The molecule has 2 rings (SSSR count). The molecule has 0 radical (unpaired) electrons. The van der Waals surface area contributed by atoms with Crippen LogP contribution in [0.15, 0.2) is 24.4 Å². The van der Waals surface area contributed by atoms with E-state index in [1.165, 1.54) is 0 Å². The molecule has 5 nitrogen and oxygen atoms in total. The molecular formula is C11H15N3O2. The first kappa shape index (κ1) is 10.9. The number of pyridine rings is 1. The lowest BCUT2D eigenvalue weighted by atomic mass is 10.2. The van der Waals surface area contributed by atoms with E-state index in [1.807, 2.05) is 18.2 Å². The number of nitrogens with zero attached hydrogens (tertiary/aromatic N) is 2. The number of rotatable bonds is 4. The van der Waals surface area contributed by atoms with E-state index in [2.05, 4.69) is 4.98 Å². The molecular weight excluding hydrogens is 206 g/mol. The summed E-state index contributed by atoms with van der Waals surface area (Å²) < 4.78 is 5.17. The Hall–Kier alpha value is -1.62. The van der Waals surface area contributed by atoms with Crippen LogP contribution in [0.3, 0.4) is 0 Å². The quantitative estimate of drug-likeness (QED) is 0.814. The van der Waals surface area contributed by atoms with Gasteiger partial charge in [-0.1, -0.05) is 6.07 Å². The van der Waals surface area contributed by atoms with Crippen LogP contribution in [0, 0.1) is 0 Å². The Morgan fingerprint density at radius 1 is 1.56 bits per heavy atom. The maximum absolute atomic E-state index is 11.5. The zero-order chi connectivity index (χ0) is 11.4. The summed E-state index contributed by atoms with van der Waals surface area (Å²) in [5.74, 6) is 0. The van der Waals surface area contributed by atoms with Gasteiger partial charge in [0, 0.05) is 6.20 Å². The molecule has 1 aromatic heterocycles. The Balaban J connectivity index is 1.94. The molecule has 0 saturated carbocycles. The molecule has 1 fully saturated rings. The number of amides is 1. The largest absolute Gasteiger partial charge is 0.444 e. The number of hydrogen-bond donors (Lipinski definition) is 1. The van der Waals surface area contributed by atoms with Gasteiger partial charge in [0.05, 0.1) is 18.8 Å². The number of hydrogen-bond acceptors (Lipinski definition) is 4. The third-order valence-corrected chi connectivity index (χ3v) is 2.52. The highest BCUT2D eigenvalue weighted by atomic mass is 16.6. The summed E-state index contributed by atoms with van der Waals surface area (Å²) in [4.78, 5) is 17.3. The van der Waals surface area contributed by atoms with Gasteiger partial charge in [-0.25, -0.2) is 4.79 Å². The van der Waals surface area contributed by atoms with E-state index < -0.39 is 0 Å². The van der Waals surface area contributed by atoms with Crippen LogP contribution in [0.1, 0.15) is 12.1 Å². The zero-order valence-electron chi connectivity index (χ0n) is 9.00. The first-order chi connectivity index (χ1) is 7.79. The van der Waals surface area contributed by atoms with Crippen LogP contribution >= 0.6 is 0 Å². The smallest absolute Gasteiger partial charge is 0.410 e. The number of aromatic nitrogens is 1. The molecule has 0 aromatic carbocycles. The van der Waals surface area contributed by atoms with Crippen LogP contribution in [0.5, 0.6) is 0 Å². The Morgan fingerprint density at radius 3 is 3.12 bits per heavy atom. The average molecular weight is 221 g/mol. The fourth-order valence-corrected chi connectivity index (χ4v) is 1.73. The third kappa shape index (κ3) is 2.49. The van der Waals surface area contributed by atoms with Crippen molar-refractivity contribution in [2.24, 2.45) is 5.73 Å². The fourth-order valence-electron chi connectivity index (χ4n) is 1.73. The topological polar surface area (TPSA) is 68.5 Å². The van der Waals surface area contributed by atoms with Gasteiger partial charge >= 0.3 is 6.09 Å². The van der Waals surface area contributed by atoms with Crippen molar-refractivity contribution in [3.63, 3.8) is 0 Å². The average Bonchev–Trinajstić information content (AvgIpc) is 2.61. The summed E-state index contributed by atoms with van der Waals surface area (Å²) in [6.07, 6.45) is 2.09. The number of ether oxygens (including phenoxy) is 1. The van der Waals surface area contributed by atoms with E-state index in [9.17, 15) is 4.79 Å². The predicted octanol–water partition coefficient (Wildman–Crippen LogP) is 0.751. The normalized spacial score (nSPS) is 19.9. The minimum absolute atomic E-state index is 0.0683. The van der Waals surface area contributed by atoms with Crippen molar-refractivity contribution in [3.8, 4) is 0 Å². The van der Waals surface area contributed by atoms with Crippen molar-refractivity contribution in [2.75, 3.05) is 13.1 Å². The van der Waals surface area contributed by atoms with Gasteiger partial charge in [-0.3, -0.25) is 9.88 Å². The van der Waals surface area contributed by atoms with Gasteiger partial charge < -0.3 is 10.5 Å². The SMILES string of the molecule is NCCC1CN(Cc2ccccn2)C(=O)O1. The summed E-state index contributed by atoms with van der Waals surface area (Å²) in [5, 5.41) is 0. The van der Waals surface area contributed by atoms with E-state index in [0.29, 0.717) is 26.1 Å². The maximum atomic E-state index is 11.5. The molecule has 1 aliphatic rings. The van der Waals surface area contributed by atoms with Gasteiger partial charge in [0.25, 0.3) is 0 Å². The molecule has 1 saturated heterocycles. The summed E-state index contributed by atoms with van der Waals surface area (Å²) in [6, 6.07) is 5.65. The molecule has 5 heteroatoms. The van der Waals surface area contributed by atoms with Gasteiger partial charge in [-0.15, -0.1) is 0 Å². The predicted molar refractivity (Wildman–Crippen MR) is 58.6 cm³/mol. The van der Waals surface area contributed by atoms with E-state index >= 15 is 0 Å². The zero-order valence-corrected chi connectivity index (χ0v) is 9.00. The van der Waals surface area contributed by atoms with Crippen LogP contribution in [-0.4, -0.2) is 35.2 Å². The Bertz CT molecular complexity index is 356. The van der Waals surface area contributed by atoms with Crippen molar-refractivity contribution < 1.29 is 9.53 Å². The van der Waals surface area contributed by atoms with Crippen molar-refractivity contribution in [2.45, 2.75) is 19.1 Å². The lowest BCUT2D eigenvalue weighted by Gasteiger charge is -2.11. The van der Waals surface area contributed by atoms with Gasteiger partial charge in [-0.05, 0) is 25.1 Å². The van der Waals surface area contributed by atoms with E-state index in [1.54, 1.807) is 11.1 Å². The minimum Gasteiger partial charge on any atom is -0.444 e. The molecule has 0 bridgehead atoms. The molecule has 1 amide bonds. The summed E-state index contributed by atoms with van der Waals surface area (Å²) in [7, 11) is 0. The van der Waals surface area contributed by atoms with Crippen LogP contribution in [0.25, 0.3) is 0 Å². The van der Waals surface area contributed by atoms with Gasteiger partial charge in [-0.2, -0.15) is 0 Å². The number of carbonyl (C=O) groups is 1. The second-order valence-electron chi connectivity index (χ2n) is 3.78. The molecule has 1 unspecified atom stereocenters. The number of cyclic esters (lactones) is 1. The molecule has 0 aliphatic carbocycles. The lowest BCUT2D eigenvalue weighted by Crippen LogP contribution is -2.25. The first-order valence-electron chi connectivity index (χ1n) is 5.35. The molecule has 1 atom stereocenters. The number of nitrogens with two attached hydrogens (primary N) is 1. The summed E-state index contributed by atoms with van der Waals surface area (Å²) in [5.41, 5.74) is 6.30. The maximum Gasteiger partial charge on any atom is 0.410 e. The van der Waals surface area contributed by atoms with Crippen molar-refractivity contribution >= 4 is 6.09 Å². The van der Waals surface area contributed by atoms with Crippen molar-refractivity contribution in [1.82, 2.24) is 9.88 Å². The van der Waals surface area contributed by atoms with Crippen molar-refractivity contribution in [1.29, 1.82) is 0 Å². The Kier molecular flexibility index (Phi) is 3.36. The molecule has 1 aromatic rings. The fraction of sp³-hybridized carbons (Fsp3) is 0.455. The first-order valence-corrected chi connectivity index (χ1v) is 5.35. The second kappa shape index (κ2) is 4.94. The van der Waals surface area contributed by atoms with Crippen LogP contribution in [0.4, 0.5) is 4.79 Å². The highest BCUT2D eigenvalue weighted by Gasteiger charge is 2.30. The molecule has 2 heterocycles. The lowest BCUT2D eigenvalue weighted by molar-refractivity contribution is 0.129. The van der Waals surface area contributed by atoms with E-state index in [4.69, 9.17) is 10.5 Å². The number of carbonyl (C=O) groups excluding carboxylic acids is 1. The molecule has 2 N–H and O–H groups in total. The van der Waals surface area contributed by atoms with Crippen LogP contribution in [-0.2, 0) is 11.3 Å². The highest BCUT2D eigenvalue weighted by molar-refractivity contribution is 5.69. The molecule has 86 valence electrons. The third-order valence-electron chi connectivity index (χ3n) is 2.52. The minimum atomic E-state index is -0.274. The summed E-state index contributed by atoms with van der Waals surface area (Å²) in [6.45, 7) is 1.64. The van der Waals surface area contributed by atoms with Crippen LogP contribution < -0.4 is 5.73 Å². The van der Waals surface area contributed by atoms with Gasteiger partial charge in [0.15, 0.2) is 0 Å². The Labute approximate surface area is 94.2 Å². The Morgan fingerprint density at radius 2 is 2.44 bits per heavy atom. The standard InChI is InChI=1S/C11H15N3O2/c12-5-4-10-8-14(11(15)16-10)7-9-3-1-2-6-13-9/h1-3,6,10H,4-5,7-8,12H2. The molecule has 1 aliphatic heterocycles. The van der Waals surface area contributed by atoms with Crippen molar-refractivity contribution in [3.05, 3.63) is 30.1 Å². The molecule has 0 spiro atoms. The second-order valence-corrected chi connectivity index (χ2v) is 3.78.